The Labute approximate surface area is 176 Å². The minimum atomic E-state index is -0.239. The number of nitrogens with one attached hydrogen (secondary N) is 1. The third-order valence-electron chi connectivity index (χ3n) is 5.61. The first-order valence-corrected chi connectivity index (χ1v) is 10.4. The average molecular weight is 409 g/mol. The first-order valence-electron chi connectivity index (χ1n) is 10.4. The summed E-state index contributed by atoms with van der Waals surface area (Å²) in [6.07, 6.45) is 3.33. The molecule has 0 saturated carbocycles. The van der Waals surface area contributed by atoms with E-state index in [1.54, 1.807) is 13.1 Å². The second-order valence-corrected chi connectivity index (χ2v) is 7.68. The molecule has 4 rings (SSSR count). The van der Waals surface area contributed by atoms with E-state index in [1.807, 2.05) is 35.2 Å². The van der Waals surface area contributed by atoms with Crippen molar-refractivity contribution < 1.29 is 14.3 Å². The molecule has 1 N–H and O–H groups in total. The van der Waals surface area contributed by atoms with Gasteiger partial charge in [0.15, 0.2) is 5.82 Å². The van der Waals surface area contributed by atoms with Gasteiger partial charge in [0.05, 0.1) is 37.1 Å². The van der Waals surface area contributed by atoms with Gasteiger partial charge >= 0.3 is 0 Å². The molecule has 0 radical (unpaired) electrons. The Morgan fingerprint density at radius 2 is 1.93 bits per heavy atom. The van der Waals surface area contributed by atoms with Gasteiger partial charge in [-0.3, -0.25) is 14.5 Å². The van der Waals surface area contributed by atoms with Gasteiger partial charge in [0, 0.05) is 31.5 Å². The Hall–Kier alpha value is -2.84. The summed E-state index contributed by atoms with van der Waals surface area (Å²) >= 11 is 0. The number of rotatable bonds is 5. The minimum Gasteiger partial charge on any atom is -0.379 e. The van der Waals surface area contributed by atoms with Crippen LogP contribution in [-0.4, -0.2) is 71.0 Å². The van der Waals surface area contributed by atoms with Gasteiger partial charge in [-0.15, -0.1) is 0 Å². The fourth-order valence-electron chi connectivity index (χ4n) is 3.96. The fourth-order valence-corrected chi connectivity index (χ4v) is 3.96. The monoisotopic (exact) mass is 409 g/mol. The molecule has 1 atom stereocenters. The van der Waals surface area contributed by atoms with Gasteiger partial charge in [-0.25, -0.2) is 9.97 Å². The molecule has 30 heavy (non-hydrogen) atoms. The van der Waals surface area contributed by atoms with Crippen LogP contribution < -0.4 is 5.32 Å². The summed E-state index contributed by atoms with van der Waals surface area (Å²) in [5.74, 6) is 0.472. The molecule has 2 aromatic rings. The van der Waals surface area contributed by atoms with Crippen molar-refractivity contribution in [1.82, 2.24) is 19.8 Å². The summed E-state index contributed by atoms with van der Waals surface area (Å²) in [5, 5.41) is 2.86. The topological polar surface area (TPSA) is 87.7 Å². The Bertz CT molecular complexity index is 899. The zero-order valence-corrected chi connectivity index (χ0v) is 17.2. The maximum atomic E-state index is 12.9. The normalized spacial score (nSPS) is 19.6. The number of ether oxygens (including phenoxy) is 1. The Balaban J connectivity index is 1.44. The highest BCUT2D eigenvalue weighted by Gasteiger charge is 2.33. The summed E-state index contributed by atoms with van der Waals surface area (Å²) in [6.45, 7) is 5.83. The summed E-state index contributed by atoms with van der Waals surface area (Å²) < 4.78 is 5.36. The standard InChI is InChI=1S/C22H27N5O3/c1-16-18(22(29)25-17-6-3-2-4-7-17)14-23-21(24-16)19-8-5-9-27(19)20(28)15-26-10-12-30-13-11-26/h2-4,6-7,14,19H,5,8-13,15H2,1H3,(H,25,29). The van der Waals surface area contributed by atoms with E-state index in [0.717, 1.165) is 31.6 Å². The van der Waals surface area contributed by atoms with Crippen molar-refractivity contribution in [2.24, 2.45) is 0 Å². The number of amides is 2. The fraction of sp³-hybridized carbons (Fsp3) is 0.455. The number of nitrogens with zero attached hydrogens (tertiary/aromatic N) is 4. The number of benzene rings is 1. The highest BCUT2D eigenvalue weighted by atomic mass is 16.5. The second-order valence-electron chi connectivity index (χ2n) is 7.68. The van der Waals surface area contributed by atoms with Crippen molar-refractivity contribution in [1.29, 1.82) is 0 Å². The number of carbonyl (C=O) groups excluding carboxylic acids is 2. The van der Waals surface area contributed by atoms with Crippen LogP contribution in [0.25, 0.3) is 0 Å². The molecule has 1 aromatic carbocycles. The van der Waals surface area contributed by atoms with E-state index < -0.39 is 0 Å². The number of aromatic nitrogens is 2. The molecule has 0 bridgehead atoms. The number of morpholine rings is 1. The van der Waals surface area contributed by atoms with Crippen molar-refractivity contribution in [3.8, 4) is 0 Å². The van der Waals surface area contributed by atoms with Crippen LogP contribution in [0.3, 0.4) is 0 Å². The number of hydrogen-bond acceptors (Lipinski definition) is 6. The van der Waals surface area contributed by atoms with Crippen LogP contribution in [-0.2, 0) is 9.53 Å². The molecule has 0 aliphatic carbocycles. The average Bonchev–Trinajstić information content (AvgIpc) is 3.25. The summed E-state index contributed by atoms with van der Waals surface area (Å²) in [6, 6.07) is 9.16. The lowest BCUT2D eigenvalue weighted by Crippen LogP contribution is -2.44. The summed E-state index contributed by atoms with van der Waals surface area (Å²) in [5.41, 5.74) is 1.77. The Morgan fingerprint density at radius 1 is 1.17 bits per heavy atom. The third-order valence-corrected chi connectivity index (χ3v) is 5.61. The van der Waals surface area contributed by atoms with E-state index in [2.05, 4.69) is 20.2 Å². The molecule has 1 unspecified atom stereocenters. The van der Waals surface area contributed by atoms with Crippen LogP contribution in [0.5, 0.6) is 0 Å². The lowest BCUT2D eigenvalue weighted by atomic mass is 10.1. The van der Waals surface area contributed by atoms with Crippen molar-refractivity contribution >= 4 is 17.5 Å². The lowest BCUT2D eigenvalue weighted by Gasteiger charge is -2.30. The van der Waals surface area contributed by atoms with Gasteiger partial charge in [-0.05, 0) is 31.9 Å². The van der Waals surface area contributed by atoms with Gasteiger partial charge in [-0.2, -0.15) is 0 Å². The number of likely N-dealkylation sites (tertiary alicyclic amines) is 1. The predicted octanol–water partition coefficient (Wildman–Crippen LogP) is 2.03. The van der Waals surface area contributed by atoms with Crippen molar-refractivity contribution in [3.05, 3.63) is 53.6 Å². The summed E-state index contributed by atoms with van der Waals surface area (Å²) in [7, 11) is 0. The molecule has 2 aliphatic heterocycles. The molecule has 3 heterocycles. The molecule has 158 valence electrons. The smallest absolute Gasteiger partial charge is 0.259 e. The molecule has 2 amide bonds. The van der Waals surface area contributed by atoms with Crippen LogP contribution >= 0.6 is 0 Å². The molecule has 8 heteroatoms. The van der Waals surface area contributed by atoms with Crippen LogP contribution in [0, 0.1) is 6.92 Å². The molecule has 0 spiro atoms. The number of para-hydroxylation sites is 1. The van der Waals surface area contributed by atoms with Gasteiger partial charge < -0.3 is 15.0 Å². The van der Waals surface area contributed by atoms with Gasteiger partial charge in [0.2, 0.25) is 5.91 Å². The van der Waals surface area contributed by atoms with E-state index in [-0.39, 0.29) is 17.9 Å². The second kappa shape index (κ2) is 9.32. The van der Waals surface area contributed by atoms with Crippen LogP contribution in [0.15, 0.2) is 36.5 Å². The number of hydrogen-bond donors (Lipinski definition) is 1. The summed E-state index contributed by atoms with van der Waals surface area (Å²) in [4.78, 5) is 38.5. The maximum absolute atomic E-state index is 12.9. The molecular weight excluding hydrogens is 382 g/mol. The first-order chi connectivity index (χ1) is 14.6. The lowest BCUT2D eigenvalue weighted by molar-refractivity contribution is -0.134. The van der Waals surface area contributed by atoms with Crippen LogP contribution in [0.1, 0.15) is 40.8 Å². The molecule has 8 nitrogen and oxygen atoms in total. The maximum Gasteiger partial charge on any atom is 0.259 e. The number of aryl methyl sites for hydroxylation is 1. The van der Waals surface area contributed by atoms with Gasteiger partial charge in [0.25, 0.3) is 5.91 Å². The number of anilines is 1. The molecular formula is C22H27N5O3. The van der Waals surface area contributed by atoms with Crippen molar-refractivity contribution in [2.75, 3.05) is 44.7 Å². The Morgan fingerprint density at radius 3 is 2.67 bits per heavy atom. The van der Waals surface area contributed by atoms with Gasteiger partial charge in [0.1, 0.15) is 0 Å². The number of carbonyl (C=O) groups is 2. The largest absolute Gasteiger partial charge is 0.379 e. The van der Waals surface area contributed by atoms with E-state index in [0.29, 0.717) is 43.4 Å². The highest BCUT2D eigenvalue weighted by Crippen LogP contribution is 2.30. The zero-order valence-electron chi connectivity index (χ0n) is 17.2. The zero-order chi connectivity index (χ0) is 20.9. The predicted molar refractivity (Wildman–Crippen MR) is 112 cm³/mol. The van der Waals surface area contributed by atoms with Gasteiger partial charge in [-0.1, -0.05) is 18.2 Å². The highest BCUT2D eigenvalue weighted by molar-refractivity contribution is 6.04. The first kappa shape index (κ1) is 20.4. The Kier molecular flexibility index (Phi) is 6.35. The van der Waals surface area contributed by atoms with E-state index >= 15 is 0 Å². The van der Waals surface area contributed by atoms with Crippen molar-refractivity contribution in [2.45, 2.75) is 25.8 Å². The molecule has 2 saturated heterocycles. The molecule has 1 aromatic heterocycles. The quantitative estimate of drug-likeness (QED) is 0.813. The molecule has 2 fully saturated rings. The van der Waals surface area contributed by atoms with Crippen molar-refractivity contribution in [3.63, 3.8) is 0 Å². The van der Waals surface area contributed by atoms with Crippen LogP contribution in [0.2, 0.25) is 0 Å². The van der Waals surface area contributed by atoms with E-state index in [1.165, 1.54) is 0 Å². The SMILES string of the molecule is Cc1nc(C2CCCN2C(=O)CN2CCOCC2)ncc1C(=O)Nc1ccccc1. The molecule has 2 aliphatic rings. The van der Waals surface area contributed by atoms with Crippen LogP contribution in [0.4, 0.5) is 5.69 Å². The minimum absolute atomic E-state index is 0.103. The van der Waals surface area contributed by atoms with E-state index in [9.17, 15) is 9.59 Å². The van der Waals surface area contributed by atoms with E-state index in [4.69, 9.17) is 4.74 Å². The third kappa shape index (κ3) is 4.66.